The Morgan fingerprint density at radius 2 is 2.05 bits per heavy atom. The Morgan fingerprint density at radius 1 is 1.35 bits per heavy atom. The number of hydrogen-bond donors (Lipinski definition) is 0. The van der Waals surface area contributed by atoms with Gasteiger partial charge in [-0.15, -0.1) is 0 Å². The Hall–Kier alpha value is -0.620. The summed E-state index contributed by atoms with van der Waals surface area (Å²) >= 11 is 8.24. The average Bonchev–Trinajstić information content (AvgIpc) is 2.35. The van der Waals surface area contributed by atoms with E-state index in [0.717, 1.165) is 15.4 Å². The maximum atomic E-state index is 11.9. The van der Waals surface area contributed by atoms with Gasteiger partial charge in [0.25, 0.3) is 0 Å². The monoisotopic (exact) mass is 372 g/mol. The van der Waals surface area contributed by atoms with Crippen molar-refractivity contribution in [1.82, 2.24) is 4.98 Å². The summed E-state index contributed by atoms with van der Waals surface area (Å²) in [4.78, 5) is 4.31. The molecule has 0 fully saturated rings. The molecule has 1 atom stereocenters. The molecule has 0 aliphatic heterocycles. The standard InChI is InChI=1S/C14H14BrClN2OS/c1-14(2,3)20(19)17-8-10-6-9-7-11(15)4-5-12(9)18-13(10)16/h4-8H,1-3H3/b17-8+. The summed E-state index contributed by atoms with van der Waals surface area (Å²) in [6, 6.07) is 7.64. The molecule has 20 heavy (non-hydrogen) atoms. The van der Waals surface area contributed by atoms with E-state index in [1.807, 2.05) is 45.0 Å². The largest absolute Gasteiger partial charge is 0.591 e. The summed E-state index contributed by atoms with van der Waals surface area (Å²) in [6.07, 6.45) is 1.52. The van der Waals surface area contributed by atoms with Gasteiger partial charge in [0, 0.05) is 15.4 Å². The molecule has 1 aromatic carbocycles. The van der Waals surface area contributed by atoms with E-state index >= 15 is 0 Å². The van der Waals surface area contributed by atoms with Crippen molar-refractivity contribution < 1.29 is 4.55 Å². The van der Waals surface area contributed by atoms with Crippen LogP contribution in [0.4, 0.5) is 0 Å². The van der Waals surface area contributed by atoms with E-state index in [-0.39, 0.29) is 0 Å². The number of hydrogen-bond acceptors (Lipinski definition) is 3. The van der Waals surface area contributed by atoms with E-state index in [1.165, 1.54) is 6.21 Å². The van der Waals surface area contributed by atoms with Crippen molar-refractivity contribution in [3.63, 3.8) is 0 Å². The molecule has 0 spiro atoms. The number of pyridine rings is 1. The van der Waals surface area contributed by atoms with Gasteiger partial charge in [-0.2, -0.15) is 0 Å². The summed E-state index contributed by atoms with van der Waals surface area (Å²) < 4.78 is 16.6. The Kier molecular flexibility index (Phi) is 4.74. The van der Waals surface area contributed by atoms with Crippen molar-refractivity contribution in [2.75, 3.05) is 0 Å². The molecule has 0 saturated heterocycles. The number of nitrogens with zero attached hydrogens (tertiary/aromatic N) is 2. The van der Waals surface area contributed by atoms with Gasteiger partial charge in [0.05, 0.1) is 11.7 Å². The highest BCUT2D eigenvalue weighted by molar-refractivity contribution is 9.10. The fraction of sp³-hybridized carbons (Fsp3) is 0.286. The van der Waals surface area contributed by atoms with Gasteiger partial charge in [-0.1, -0.05) is 31.9 Å². The van der Waals surface area contributed by atoms with Crippen LogP contribution < -0.4 is 0 Å². The molecule has 0 aliphatic carbocycles. The lowest BCUT2D eigenvalue weighted by Gasteiger charge is -2.17. The van der Waals surface area contributed by atoms with E-state index in [1.54, 1.807) is 0 Å². The van der Waals surface area contributed by atoms with Crippen molar-refractivity contribution >= 4 is 56.0 Å². The van der Waals surface area contributed by atoms with Crippen LogP contribution in [0.5, 0.6) is 0 Å². The third-order valence-electron chi connectivity index (χ3n) is 2.57. The summed E-state index contributed by atoms with van der Waals surface area (Å²) in [5.41, 5.74) is 1.47. The maximum absolute atomic E-state index is 11.9. The van der Waals surface area contributed by atoms with Crippen LogP contribution in [0.3, 0.4) is 0 Å². The molecule has 6 heteroatoms. The van der Waals surface area contributed by atoms with Gasteiger partial charge >= 0.3 is 0 Å². The van der Waals surface area contributed by atoms with Crippen molar-refractivity contribution in [1.29, 1.82) is 0 Å². The molecule has 0 bridgehead atoms. The summed E-state index contributed by atoms with van der Waals surface area (Å²) in [5.74, 6) is 0. The van der Waals surface area contributed by atoms with Crippen LogP contribution in [0.1, 0.15) is 26.3 Å². The number of fused-ring (bicyclic) bond motifs is 1. The van der Waals surface area contributed by atoms with Gasteiger partial charge in [-0.3, -0.25) is 0 Å². The molecule has 3 nitrogen and oxygen atoms in total. The van der Waals surface area contributed by atoms with Crippen LogP contribution in [0, 0.1) is 0 Å². The molecule has 0 N–H and O–H groups in total. The van der Waals surface area contributed by atoms with Gasteiger partial charge in [0.1, 0.15) is 21.3 Å². The van der Waals surface area contributed by atoms with Gasteiger partial charge in [0.2, 0.25) is 0 Å². The molecule has 106 valence electrons. The minimum absolute atomic E-state index is 0.356. The lowest BCUT2D eigenvalue weighted by molar-refractivity contribution is 0.562. The highest BCUT2D eigenvalue weighted by atomic mass is 79.9. The lowest BCUT2D eigenvalue weighted by Crippen LogP contribution is -2.25. The first-order chi connectivity index (χ1) is 9.27. The first kappa shape index (κ1) is 15.8. The fourth-order valence-electron chi connectivity index (χ4n) is 1.49. The van der Waals surface area contributed by atoms with E-state index in [9.17, 15) is 4.55 Å². The molecule has 0 aliphatic rings. The second-order valence-electron chi connectivity index (χ2n) is 5.30. The van der Waals surface area contributed by atoms with Crippen LogP contribution in [-0.2, 0) is 11.4 Å². The van der Waals surface area contributed by atoms with E-state index in [0.29, 0.717) is 10.7 Å². The fourth-order valence-corrected chi connectivity index (χ4v) is 2.59. The van der Waals surface area contributed by atoms with Crippen LogP contribution in [0.2, 0.25) is 5.15 Å². The van der Waals surface area contributed by atoms with E-state index in [4.69, 9.17) is 11.6 Å². The molecule has 1 aromatic heterocycles. The molecule has 0 saturated carbocycles. The first-order valence-corrected chi connectivity index (χ1v) is 8.27. The zero-order valence-corrected chi connectivity index (χ0v) is 14.5. The first-order valence-electron chi connectivity index (χ1n) is 5.99. The second kappa shape index (κ2) is 6.02. The quantitative estimate of drug-likeness (QED) is 0.441. The van der Waals surface area contributed by atoms with Gasteiger partial charge in [-0.05, 0) is 45.0 Å². The molecular formula is C14H14BrClN2OS. The van der Waals surface area contributed by atoms with E-state index < -0.39 is 16.1 Å². The van der Waals surface area contributed by atoms with Crippen molar-refractivity contribution in [2.45, 2.75) is 25.5 Å². The zero-order valence-electron chi connectivity index (χ0n) is 11.4. The van der Waals surface area contributed by atoms with E-state index in [2.05, 4.69) is 25.3 Å². The predicted molar refractivity (Wildman–Crippen MR) is 89.9 cm³/mol. The highest BCUT2D eigenvalue weighted by Gasteiger charge is 2.25. The average molecular weight is 374 g/mol. The van der Waals surface area contributed by atoms with Gasteiger partial charge in [-0.25, -0.2) is 4.98 Å². The maximum Gasteiger partial charge on any atom is 0.144 e. The SMILES string of the molecule is CC(C)(C)[S+]([O-])/N=C/c1cc2cc(Br)ccc2nc1Cl. The third-order valence-corrected chi connectivity index (χ3v) is 4.71. The number of rotatable bonds is 2. The summed E-state index contributed by atoms with van der Waals surface area (Å²) in [5, 5.41) is 1.31. The highest BCUT2D eigenvalue weighted by Crippen LogP contribution is 2.23. The predicted octanol–water partition coefficient (Wildman–Crippen LogP) is 4.53. The minimum Gasteiger partial charge on any atom is -0.591 e. The number of halogens is 2. The smallest absolute Gasteiger partial charge is 0.144 e. The van der Waals surface area contributed by atoms with Gasteiger partial charge < -0.3 is 4.55 Å². The van der Waals surface area contributed by atoms with Crippen LogP contribution in [0.15, 0.2) is 33.1 Å². The molecule has 2 aromatic rings. The molecule has 0 radical (unpaired) electrons. The topological polar surface area (TPSA) is 48.3 Å². The number of benzene rings is 1. The summed E-state index contributed by atoms with van der Waals surface area (Å²) in [6.45, 7) is 5.62. The Bertz CT molecular complexity index is 670. The normalized spacial score (nSPS) is 14.1. The third kappa shape index (κ3) is 3.73. The van der Waals surface area contributed by atoms with Crippen molar-refractivity contribution in [3.05, 3.63) is 39.5 Å². The molecule has 2 rings (SSSR count). The zero-order chi connectivity index (χ0) is 14.9. The van der Waals surface area contributed by atoms with Gasteiger partial charge in [0.15, 0.2) is 0 Å². The minimum atomic E-state index is -1.31. The number of aromatic nitrogens is 1. The summed E-state index contributed by atoms with van der Waals surface area (Å²) in [7, 11) is 0. The second-order valence-corrected chi connectivity index (χ2v) is 8.51. The molecular weight excluding hydrogens is 360 g/mol. The Labute approximate surface area is 134 Å². The van der Waals surface area contributed by atoms with Crippen LogP contribution >= 0.6 is 27.5 Å². The molecule has 1 heterocycles. The van der Waals surface area contributed by atoms with Crippen molar-refractivity contribution in [2.24, 2.45) is 4.40 Å². The Balaban J connectivity index is 2.39. The van der Waals surface area contributed by atoms with Crippen LogP contribution in [0.25, 0.3) is 10.9 Å². The molecule has 1 unspecified atom stereocenters. The lowest BCUT2D eigenvalue weighted by atomic mass is 10.2. The molecule has 0 amide bonds. The van der Waals surface area contributed by atoms with Crippen molar-refractivity contribution in [3.8, 4) is 0 Å². The Morgan fingerprint density at radius 3 is 2.70 bits per heavy atom. The van der Waals surface area contributed by atoms with Crippen LogP contribution in [-0.4, -0.2) is 20.5 Å².